The highest BCUT2D eigenvalue weighted by atomic mass is 35.5. The van der Waals surface area contributed by atoms with E-state index < -0.39 is 6.43 Å². The molecule has 1 fully saturated rings. The van der Waals surface area contributed by atoms with E-state index in [9.17, 15) is 8.78 Å². The number of alkyl halides is 2. The van der Waals surface area contributed by atoms with Gasteiger partial charge in [0.15, 0.2) is 0 Å². The Morgan fingerprint density at radius 1 is 1.17 bits per heavy atom. The molecule has 2 atom stereocenters. The Kier molecular flexibility index (Phi) is 4.73. The second kappa shape index (κ2) is 7.43. The summed E-state index contributed by atoms with van der Waals surface area (Å²) in [6.07, 6.45) is 1.37. The molecular formula is C21H19ClF2N6. The van der Waals surface area contributed by atoms with Crippen LogP contribution in [0.1, 0.15) is 37.1 Å². The van der Waals surface area contributed by atoms with Gasteiger partial charge in [-0.25, -0.2) is 23.3 Å². The first-order chi connectivity index (χ1) is 14.5. The van der Waals surface area contributed by atoms with Gasteiger partial charge in [-0.3, -0.25) is 0 Å². The van der Waals surface area contributed by atoms with E-state index in [-0.39, 0.29) is 23.3 Å². The molecule has 9 heteroatoms. The first kappa shape index (κ1) is 19.1. The Balaban J connectivity index is 1.58. The highest BCUT2D eigenvalue weighted by molar-refractivity contribution is 6.31. The van der Waals surface area contributed by atoms with Crippen molar-refractivity contribution in [2.24, 2.45) is 5.92 Å². The minimum Gasteiger partial charge on any atom is -0.355 e. The lowest BCUT2D eigenvalue weighted by molar-refractivity contribution is 0.146. The third-order valence-electron chi connectivity index (χ3n) is 5.87. The molecule has 1 aromatic carbocycles. The molecule has 0 spiro atoms. The molecule has 0 amide bonds. The zero-order valence-electron chi connectivity index (χ0n) is 16.2. The Bertz CT molecular complexity index is 1230. The van der Waals surface area contributed by atoms with Gasteiger partial charge in [0.2, 0.25) is 0 Å². The number of piperidine rings is 1. The topological polar surface area (TPSA) is 59.2 Å². The maximum Gasteiger partial charge on any atom is 0.280 e. The molecule has 1 saturated heterocycles. The Morgan fingerprint density at radius 3 is 2.87 bits per heavy atom. The third kappa shape index (κ3) is 3.25. The monoisotopic (exact) mass is 428 g/mol. The normalized spacial score (nSPS) is 19.8. The molecule has 4 aromatic rings. The van der Waals surface area contributed by atoms with Crippen molar-refractivity contribution in [3.05, 3.63) is 59.3 Å². The first-order valence-corrected chi connectivity index (χ1v) is 10.2. The zero-order chi connectivity index (χ0) is 20.8. The van der Waals surface area contributed by atoms with Gasteiger partial charge < -0.3 is 4.90 Å². The third-order valence-corrected chi connectivity index (χ3v) is 6.10. The number of hydrogen-bond donors (Lipinski definition) is 0. The molecular weight excluding hydrogens is 410 g/mol. The fraction of sp³-hybridized carbons (Fsp3) is 0.333. The minimum atomic E-state index is -2.66. The Hall–Kier alpha value is -2.87. The van der Waals surface area contributed by atoms with Gasteiger partial charge in [0.25, 0.3) is 12.2 Å². The van der Waals surface area contributed by atoms with Gasteiger partial charge in [0.1, 0.15) is 17.8 Å². The second-order valence-electron chi connectivity index (χ2n) is 7.70. The molecule has 30 heavy (non-hydrogen) atoms. The quantitative estimate of drug-likeness (QED) is 0.465. The van der Waals surface area contributed by atoms with Crippen LogP contribution in [0.25, 0.3) is 16.6 Å². The molecule has 0 aliphatic carbocycles. The summed E-state index contributed by atoms with van der Waals surface area (Å²) in [7, 11) is 0. The van der Waals surface area contributed by atoms with Crippen LogP contribution in [0.4, 0.5) is 14.6 Å². The van der Waals surface area contributed by atoms with Gasteiger partial charge >= 0.3 is 0 Å². The SMILES string of the molecule is C[C@@H]1CCN(c2nccc3ccc(Cl)cc23)C[C@H]1c1cc(C(F)F)nc2ncnn12. The Labute approximate surface area is 176 Å². The average molecular weight is 429 g/mol. The predicted molar refractivity (Wildman–Crippen MR) is 111 cm³/mol. The average Bonchev–Trinajstić information content (AvgIpc) is 3.22. The molecule has 5 rings (SSSR count). The smallest absolute Gasteiger partial charge is 0.280 e. The van der Waals surface area contributed by atoms with E-state index in [2.05, 4.69) is 31.9 Å². The molecule has 0 N–H and O–H groups in total. The van der Waals surface area contributed by atoms with Crippen LogP contribution in [0, 0.1) is 5.92 Å². The molecule has 0 radical (unpaired) electrons. The summed E-state index contributed by atoms with van der Waals surface area (Å²) in [5, 5.41) is 6.92. The van der Waals surface area contributed by atoms with Crippen molar-refractivity contribution in [2.75, 3.05) is 18.0 Å². The van der Waals surface area contributed by atoms with Gasteiger partial charge in [-0.05, 0) is 42.0 Å². The van der Waals surface area contributed by atoms with E-state index >= 15 is 0 Å². The van der Waals surface area contributed by atoms with Crippen molar-refractivity contribution < 1.29 is 8.78 Å². The number of benzene rings is 1. The molecule has 1 aliphatic heterocycles. The highest BCUT2D eigenvalue weighted by Gasteiger charge is 2.32. The lowest BCUT2D eigenvalue weighted by Gasteiger charge is -2.38. The van der Waals surface area contributed by atoms with E-state index in [1.54, 1.807) is 10.7 Å². The lowest BCUT2D eigenvalue weighted by Crippen LogP contribution is -2.39. The highest BCUT2D eigenvalue weighted by Crippen LogP contribution is 2.37. The molecule has 3 aromatic heterocycles. The summed E-state index contributed by atoms with van der Waals surface area (Å²) in [5.41, 5.74) is 0.424. The molecule has 4 heterocycles. The number of pyridine rings is 1. The summed E-state index contributed by atoms with van der Waals surface area (Å²) in [4.78, 5) is 14.8. The van der Waals surface area contributed by atoms with Gasteiger partial charge in [-0.2, -0.15) is 10.1 Å². The zero-order valence-corrected chi connectivity index (χ0v) is 17.0. The number of rotatable bonds is 3. The van der Waals surface area contributed by atoms with Crippen LogP contribution in [0.3, 0.4) is 0 Å². The van der Waals surface area contributed by atoms with Crippen molar-refractivity contribution in [3.8, 4) is 0 Å². The number of halogens is 3. The maximum atomic E-state index is 13.4. The van der Waals surface area contributed by atoms with Crippen LogP contribution >= 0.6 is 11.6 Å². The fourth-order valence-electron chi connectivity index (χ4n) is 4.25. The molecule has 0 saturated carbocycles. The summed E-state index contributed by atoms with van der Waals surface area (Å²) < 4.78 is 28.5. The Morgan fingerprint density at radius 2 is 2.03 bits per heavy atom. The summed E-state index contributed by atoms with van der Waals surface area (Å²) >= 11 is 6.23. The van der Waals surface area contributed by atoms with Gasteiger partial charge in [-0.15, -0.1) is 0 Å². The number of aromatic nitrogens is 5. The predicted octanol–water partition coefficient (Wildman–Crippen LogP) is 4.89. The second-order valence-corrected chi connectivity index (χ2v) is 8.13. The van der Waals surface area contributed by atoms with E-state index in [1.807, 2.05) is 24.3 Å². The van der Waals surface area contributed by atoms with Crippen molar-refractivity contribution >= 4 is 34.0 Å². The van der Waals surface area contributed by atoms with Crippen LogP contribution in [-0.4, -0.2) is 37.7 Å². The molecule has 0 unspecified atom stereocenters. The van der Waals surface area contributed by atoms with Crippen LogP contribution in [0.5, 0.6) is 0 Å². The number of fused-ring (bicyclic) bond motifs is 2. The van der Waals surface area contributed by atoms with Crippen molar-refractivity contribution in [1.82, 2.24) is 24.6 Å². The lowest BCUT2D eigenvalue weighted by atomic mass is 9.84. The van der Waals surface area contributed by atoms with Crippen molar-refractivity contribution in [3.63, 3.8) is 0 Å². The van der Waals surface area contributed by atoms with Crippen LogP contribution < -0.4 is 4.90 Å². The van der Waals surface area contributed by atoms with Crippen LogP contribution in [0.15, 0.2) is 42.9 Å². The summed E-state index contributed by atoms with van der Waals surface area (Å²) in [6, 6.07) is 9.17. The molecule has 154 valence electrons. The summed E-state index contributed by atoms with van der Waals surface area (Å²) in [6.45, 7) is 3.59. The van der Waals surface area contributed by atoms with Crippen LogP contribution in [-0.2, 0) is 0 Å². The molecule has 0 bridgehead atoms. The standard InChI is InChI=1S/C21H19ClF2N6/c1-12-5-7-29(20-15-8-14(22)3-2-13(15)4-6-25-20)10-16(12)18-9-17(19(23)24)28-21-26-11-27-30(18)21/h2-4,6,8-9,11-12,16,19H,5,7,10H2,1H3/t12-,16-/m1/s1. The van der Waals surface area contributed by atoms with E-state index in [4.69, 9.17) is 11.6 Å². The van der Waals surface area contributed by atoms with Gasteiger partial charge in [0.05, 0.1) is 5.69 Å². The number of nitrogens with zero attached hydrogens (tertiary/aromatic N) is 6. The van der Waals surface area contributed by atoms with Crippen molar-refractivity contribution in [1.29, 1.82) is 0 Å². The maximum absolute atomic E-state index is 13.4. The van der Waals surface area contributed by atoms with E-state index in [1.165, 1.54) is 12.4 Å². The molecule has 6 nitrogen and oxygen atoms in total. The summed E-state index contributed by atoms with van der Waals surface area (Å²) in [5.74, 6) is 1.30. The van der Waals surface area contributed by atoms with Crippen molar-refractivity contribution in [2.45, 2.75) is 25.7 Å². The van der Waals surface area contributed by atoms with Crippen LogP contribution in [0.2, 0.25) is 5.02 Å². The number of anilines is 1. The molecule has 1 aliphatic rings. The van der Waals surface area contributed by atoms with E-state index in [0.29, 0.717) is 17.3 Å². The fourth-order valence-corrected chi connectivity index (χ4v) is 4.43. The van der Waals surface area contributed by atoms with Gasteiger partial charge in [0, 0.05) is 35.6 Å². The largest absolute Gasteiger partial charge is 0.355 e. The minimum absolute atomic E-state index is 0.0281. The number of hydrogen-bond acceptors (Lipinski definition) is 5. The van der Waals surface area contributed by atoms with E-state index in [0.717, 1.165) is 29.6 Å². The van der Waals surface area contributed by atoms with Gasteiger partial charge in [-0.1, -0.05) is 24.6 Å². The first-order valence-electron chi connectivity index (χ1n) is 9.79.